The third kappa shape index (κ3) is 5.94. The summed E-state index contributed by atoms with van der Waals surface area (Å²) in [5, 5.41) is 19.2. The number of tetrazole rings is 1. The molecule has 2 aromatic carbocycles. The third-order valence-corrected chi connectivity index (χ3v) is 6.69. The maximum absolute atomic E-state index is 13.7. The van der Waals surface area contributed by atoms with Crippen molar-refractivity contribution >= 4 is 33.2 Å². The van der Waals surface area contributed by atoms with E-state index in [4.69, 9.17) is 0 Å². The van der Waals surface area contributed by atoms with Crippen LogP contribution in [0.2, 0.25) is 0 Å². The highest BCUT2D eigenvalue weighted by Gasteiger charge is 2.35. The van der Waals surface area contributed by atoms with Crippen LogP contribution < -0.4 is 14.9 Å². The highest BCUT2D eigenvalue weighted by atomic mass is 32.2. The van der Waals surface area contributed by atoms with Crippen LogP contribution in [-0.2, 0) is 22.7 Å². The number of nitrogens with zero attached hydrogens (tertiary/aromatic N) is 6. The zero-order valence-corrected chi connectivity index (χ0v) is 20.7. The minimum Gasteiger partial charge on any atom is -0.365 e. The summed E-state index contributed by atoms with van der Waals surface area (Å²) in [6.07, 6.45) is -2.98. The van der Waals surface area contributed by atoms with Crippen molar-refractivity contribution in [3.05, 3.63) is 65.4 Å². The molecule has 0 aliphatic carbocycles. The molecule has 0 bridgehead atoms. The Morgan fingerprint density at radius 1 is 1.11 bits per heavy atom. The second-order valence-corrected chi connectivity index (χ2v) is 10.1. The van der Waals surface area contributed by atoms with Gasteiger partial charge in [0.2, 0.25) is 21.8 Å². The van der Waals surface area contributed by atoms with Crippen LogP contribution in [0.3, 0.4) is 0 Å². The fourth-order valence-electron chi connectivity index (χ4n) is 3.46. The van der Waals surface area contributed by atoms with E-state index in [0.29, 0.717) is 40.1 Å². The van der Waals surface area contributed by atoms with Gasteiger partial charge in [0.15, 0.2) is 0 Å². The molecule has 0 radical (unpaired) electrons. The number of hydrogen-bond donors (Lipinski definition) is 3. The van der Waals surface area contributed by atoms with Gasteiger partial charge in [0.1, 0.15) is 11.4 Å². The van der Waals surface area contributed by atoms with Gasteiger partial charge in [-0.15, -0.1) is 10.2 Å². The Hall–Kier alpha value is -4.27. The Morgan fingerprint density at radius 3 is 2.46 bits per heavy atom. The fourth-order valence-corrected chi connectivity index (χ4v) is 3.99. The zero-order valence-electron chi connectivity index (χ0n) is 19.9. The molecule has 0 spiro atoms. The number of benzene rings is 2. The first-order valence-corrected chi connectivity index (χ1v) is 12.6. The first-order chi connectivity index (χ1) is 17.4. The van der Waals surface area contributed by atoms with E-state index in [1.807, 2.05) is 0 Å². The fraction of sp³-hybridized carbons (Fsp3) is 0.227. The number of halogens is 3. The number of anilines is 4. The Balaban J connectivity index is 1.61. The van der Waals surface area contributed by atoms with Crippen molar-refractivity contribution in [2.75, 3.05) is 28.2 Å². The van der Waals surface area contributed by atoms with Gasteiger partial charge in [0.05, 0.1) is 11.9 Å². The first-order valence-electron chi connectivity index (χ1n) is 10.7. The summed E-state index contributed by atoms with van der Waals surface area (Å²) in [7, 11) is -2.21. The predicted octanol–water partition coefficient (Wildman–Crippen LogP) is 3.74. The van der Waals surface area contributed by atoms with E-state index in [2.05, 4.69) is 41.2 Å². The Labute approximate surface area is 210 Å². The van der Waals surface area contributed by atoms with Crippen LogP contribution in [0.25, 0.3) is 11.4 Å². The molecular formula is C22H22F3N9O2S. The van der Waals surface area contributed by atoms with Crippen LogP contribution in [0.4, 0.5) is 36.3 Å². The molecule has 2 aromatic heterocycles. The quantitative estimate of drug-likeness (QED) is 0.309. The van der Waals surface area contributed by atoms with Gasteiger partial charge in [-0.05, 0) is 53.6 Å². The maximum atomic E-state index is 13.7. The molecule has 194 valence electrons. The monoisotopic (exact) mass is 533 g/mol. The summed E-state index contributed by atoms with van der Waals surface area (Å²) in [6, 6.07) is 11.7. The molecule has 0 unspecified atom stereocenters. The molecule has 0 aliphatic heterocycles. The van der Waals surface area contributed by atoms with Gasteiger partial charge < -0.3 is 10.6 Å². The Morgan fingerprint density at radius 2 is 1.84 bits per heavy atom. The largest absolute Gasteiger partial charge is 0.421 e. The smallest absolute Gasteiger partial charge is 0.365 e. The molecule has 0 saturated heterocycles. The maximum Gasteiger partial charge on any atom is 0.421 e. The van der Waals surface area contributed by atoms with Gasteiger partial charge in [-0.25, -0.2) is 13.4 Å². The molecule has 4 rings (SSSR count). The molecular weight excluding hydrogens is 511 g/mol. The summed E-state index contributed by atoms with van der Waals surface area (Å²) >= 11 is 0. The van der Waals surface area contributed by atoms with E-state index in [-0.39, 0.29) is 12.5 Å². The molecule has 11 nitrogen and oxygen atoms in total. The zero-order chi connectivity index (χ0) is 26.8. The van der Waals surface area contributed by atoms with Crippen molar-refractivity contribution in [3.63, 3.8) is 0 Å². The standard InChI is InChI=1S/C22H22F3N9O2S/c1-13-5-4-6-18(34(2)37(3,35)36)16(13)11-26-20-17(22(23,24)25)12-27-21(29-20)28-15-9-7-14(8-10-15)19-30-32-33-31-19/h4-10,12H,11H2,1-3H3,(H2,26,27,28,29)(H,30,31,32,33). The van der Waals surface area contributed by atoms with E-state index >= 15 is 0 Å². The number of sulfonamides is 1. The normalized spacial score (nSPS) is 11.8. The molecule has 2 heterocycles. The number of alkyl halides is 3. The predicted molar refractivity (Wildman–Crippen MR) is 132 cm³/mol. The summed E-state index contributed by atoms with van der Waals surface area (Å²) < 4.78 is 66.4. The van der Waals surface area contributed by atoms with Gasteiger partial charge in [-0.1, -0.05) is 12.1 Å². The Bertz CT molecular complexity index is 1490. The van der Waals surface area contributed by atoms with Crippen molar-refractivity contribution in [2.24, 2.45) is 0 Å². The number of aromatic amines is 1. The molecule has 0 fully saturated rings. The molecule has 0 saturated carbocycles. The van der Waals surface area contributed by atoms with Crippen LogP contribution in [0.1, 0.15) is 16.7 Å². The number of aromatic nitrogens is 6. The van der Waals surface area contributed by atoms with E-state index in [0.717, 1.165) is 10.6 Å². The van der Waals surface area contributed by atoms with E-state index in [1.54, 1.807) is 49.4 Å². The number of H-pyrrole nitrogens is 1. The number of hydrogen-bond acceptors (Lipinski definition) is 9. The van der Waals surface area contributed by atoms with Crippen LogP contribution in [0.15, 0.2) is 48.7 Å². The van der Waals surface area contributed by atoms with Crippen LogP contribution in [-0.4, -0.2) is 52.3 Å². The number of aryl methyl sites for hydroxylation is 1. The third-order valence-electron chi connectivity index (χ3n) is 5.49. The lowest BCUT2D eigenvalue weighted by molar-refractivity contribution is -0.137. The van der Waals surface area contributed by atoms with E-state index < -0.39 is 27.6 Å². The minimum absolute atomic E-state index is 0.0685. The molecule has 15 heteroatoms. The van der Waals surface area contributed by atoms with Gasteiger partial charge in [0, 0.05) is 31.0 Å². The minimum atomic E-state index is -4.72. The van der Waals surface area contributed by atoms with Gasteiger partial charge >= 0.3 is 6.18 Å². The van der Waals surface area contributed by atoms with Gasteiger partial charge in [-0.3, -0.25) is 4.31 Å². The topological polar surface area (TPSA) is 142 Å². The van der Waals surface area contributed by atoms with Crippen molar-refractivity contribution in [1.29, 1.82) is 0 Å². The summed E-state index contributed by atoms with van der Waals surface area (Å²) in [5.74, 6) is -0.133. The van der Waals surface area contributed by atoms with Crippen molar-refractivity contribution in [2.45, 2.75) is 19.6 Å². The Kier molecular flexibility index (Phi) is 6.98. The SMILES string of the molecule is Cc1cccc(N(C)S(C)(=O)=O)c1CNc1nc(Nc2ccc(-c3nn[nH]n3)cc2)ncc1C(F)(F)F. The van der Waals surface area contributed by atoms with Crippen molar-refractivity contribution in [3.8, 4) is 11.4 Å². The van der Waals surface area contributed by atoms with Crippen LogP contribution in [0.5, 0.6) is 0 Å². The number of rotatable bonds is 8. The lowest BCUT2D eigenvalue weighted by Gasteiger charge is -2.22. The second-order valence-electron chi connectivity index (χ2n) is 8.05. The summed E-state index contributed by atoms with van der Waals surface area (Å²) in [4.78, 5) is 7.86. The van der Waals surface area contributed by atoms with Crippen LogP contribution in [0, 0.1) is 6.92 Å². The first kappa shape index (κ1) is 25.8. The summed E-state index contributed by atoms with van der Waals surface area (Å²) in [5.41, 5.74) is 1.70. The molecule has 37 heavy (non-hydrogen) atoms. The average Bonchev–Trinajstić information content (AvgIpc) is 3.37. The lowest BCUT2D eigenvalue weighted by atomic mass is 10.1. The number of nitrogens with one attached hydrogen (secondary N) is 3. The average molecular weight is 534 g/mol. The van der Waals surface area contributed by atoms with Gasteiger partial charge in [0.25, 0.3) is 0 Å². The molecule has 0 aliphatic rings. The molecule has 4 aromatic rings. The van der Waals surface area contributed by atoms with Crippen molar-refractivity contribution in [1.82, 2.24) is 30.6 Å². The highest BCUT2D eigenvalue weighted by Crippen LogP contribution is 2.35. The second kappa shape index (κ2) is 10.0. The van der Waals surface area contributed by atoms with E-state index in [1.165, 1.54) is 7.05 Å². The van der Waals surface area contributed by atoms with Crippen molar-refractivity contribution < 1.29 is 21.6 Å². The molecule has 0 atom stereocenters. The van der Waals surface area contributed by atoms with E-state index in [9.17, 15) is 21.6 Å². The highest BCUT2D eigenvalue weighted by molar-refractivity contribution is 7.92. The van der Waals surface area contributed by atoms with Crippen LogP contribution >= 0.6 is 0 Å². The molecule has 0 amide bonds. The lowest BCUT2D eigenvalue weighted by Crippen LogP contribution is -2.26. The summed E-state index contributed by atoms with van der Waals surface area (Å²) in [6.45, 7) is 1.63. The van der Waals surface area contributed by atoms with Gasteiger partial charge in [-0.2, -0.15) is 23.4 Å². The molecule has 3 N–H and O–H groups in total.